The number of hydrogen-bond acceptors (Lipinski definition) is 3. The molecule has 1 rings (SSSR count). The Kier molecular flexibility index (Phi) is 4.26. The van der Waals surface area contributed by atoms with Crippen molar-refractivity contribution in [1.29, 1.82) is 0 Å². The molecule has 0 fully saturated rings. The molecule has 0 aromatic carbocycles. The van der Waals surface area contributed by atoms with E-state index in [0.717, 1.165) is 0 Å². The summed E-state index contributed by atoms with van der Waals surface area (Å²) in [7, 11) is 3.62. The van der Waals surface area contributed by atoms with Gasteiger partial charge in [-0.2, -0.15) is 0 Å². The molecule has 0 unspecified atom stereocenters. The van der Waals surface area contributed by atoms with Crippen molar-refractivity contribution < 1.29 is 0 Å². The van der Waals surface area contributed by atoms with E-state index in [9.17, 15) is 0 Å². The summed E-state index contributed by atoms with van der Waals surface area (Å²) in [5.74, 6) is 0. The zero-order valence-electron chi connectivity index (χ0n) is 7.46. The highest BCUT2D eigenvalue weighted by atomic mass is 33.1. The molecule has 66 valence electrons. The van der Waals surface area contributed by atoms with Gasteiger partial charge in [0.2, 0.25) is 0 Å². The molecule has 0 spiro atoms. The van der Waals surface area contributed by atoms with E-state index in [2.05, 4.69) is 31.4 Å². The van der Waals surface area contributed by atoms with Crippen LogP contribution in [0.1, 0.15) is 17.4 Å². The van der Waals surface area contributed by atoms with Crippen molar-refractivity contribution in [3.05, 3.63) is 28.0 Å². The summed E-state index contributed by atoms with van der Waals surface area (Å²) in [4.78, 5) is 1.40. The number of rotatable bonds is 3. The highest BCUT2D eigenvalue weighted by Gasteiger charge is 2.01. The number of aryl methyl sites for hydroxylation is 2. The molecule has 0 saturated heterocycles. The summed E-state index contributed by atoms with van der Waals surface area (Å²) in [6, 6.07) is 2.24. The third kappa shape index (κ3) is 2.88. The van der Waals surface area contributed by atoms with Crippen LogP contribution in [-0.2, 0) is 0 Å². The van der Waals surface area contributed by atoms with Crippen LogP contribution in [0.3, 0.4) is 0 Å². The van der Waals surface area contributed by atoms with Gasteiger partial charge in [-0.1, -0.05) is 16.9 Å². The van der Waals surface area contributed by atoms with Crippen LogP contribution >= 0.6 is 32.9 Å². The normalized spacial score (nSPS) is 11.2. The summed E-state index contributed by atoms with van der Waals surface area (Å²) in [5, 5.41) is 2.11. The lowest BCUT2D eigenvalue weighted by molar-refractivity contribution is 1.42. The molecule has 0 aliphatic carbocycles. The van der Waals surface area contributed by atoms with Gasteiger partial charge >= 0.3 is 0 Å². The first kappa shape index (κ1) is 10.2. The maximum Gasteiger partial charge on any atom is 0.0741 e. The fourth-order valence-electron chi connectivity index (χ4n) is 0.830. The number of allylic oxidation sites excluding steroid dienone is 1. The van der Waals surface area contributed by atoms with Crippen LogP contribution in [0.25, 0.3) is 0 Å². The summed E-state index contributed by atoms with van der Waals surface area (Å²) in [5.41, 5.74) is 1.40. The second-order valence-corrected chi connectivity index (χ2v) is 6.11. The highest BCUT2D eigenvalue weighted by molar-refractivity contribution is 8.78. The Morgan fingerprint density at radius 3 is 2.67 bits per heavy atom. The molecular weight excluding hydrogens is 204 g/mol. The number of thiophene rings is 1. The molecule has 3 heteroatoms. The van der Waals surface area contributed by atoms with Crippen molar-refractivity contribution >= 4 is 32.9 Å². The Labute approximate surface area is 85.9 Å². The molecule has 0 bridgehead atoms. The molecule has 12 heavy (non-hydrogen) atoms. The Hall–Kier alpha value is 0.140. The van der Waals surface area contributed by atoms with Crippen LogP contribution in [0.2, 0.25) is 0 Å². The SMILES string of the molecule is C/C=C/SSc1sc(C)cc1C. The van der Waals surface area contributed by atoms with Crippen LogP contribution in [0.4, 0.5) is 0 Å². The van der Waals surface area contributed by atoms with E-state index >= 15 is 0 Å². The maximum absolute atomic E-state index is 2.24. The smallest absolute Gasteiger partial charge is 0.0741 e. The monoisotopic (exact) mass is 216 g/mol. The third-order valence-electron chi connectivity index (χ3n) is 1.31. The van der Waals surface area contributed by atoms with Gasteiger partial charge in [0.15, 0.2) is 0 Å². The Balaban J connectivity index is 2.56. The van der Waals surface area contributed by atoms with E-state index in [1.165, 1.54) is 14.6 Å². The van der Waals surface area contributed by atoms with Crippen molar-refractivity contribution in [1.82, 2.24) is 0 Å². The Morgan fingerprint density at radius 2 is 2.17 bits per heavy atom. The van der Waals surface area contributed by atoms with Gasteiger partial charge in [-0.05, 0) is 48.6 Å². The molecule has 0 N–H and O–H groups in total. The van der Waals surface area contributed by atoms with Crippen molar-refractivity contribution in [2.75, 3.05) is 0 Å². The van der Waals surface area contributed by atoms with Gasteiger partial charge in [0.05, 0.1) is 4.21 Å². The lowest BCUT2D eigenvalue weighted by Gasteiger charge is -1.92. The first-order valence-electron chi connectivity index (χ1n) is 3.75. The molecule has 0 aliphatic rings. The molecule has 0 atom stereocenters. The van der Waals surface area contributed by atoms with Crippen LogP contribution < -0.4 is 0 Å². The zero-order valence-corrected chi connectivity index (χ0v) is 9.91. The molecule has 1 heterocycles. The standard InChI is InChI=1S/C9H12S3/c1-4-5-10-12-9-7(2)6-8(3)11-9/h4-6H,1-3H3/b5-4+. The van der Waals surface area contributed by atoms with Crippen LogP contribution in [0, 0.1) is 13.8 Å². The average molecular weight is 216 g/mol. The molecule has 0 aliphatic heterocycles. The van der Waals surface area contributed by atoms with Crippen molar-refractivity contribution in [2.24, 2.45) is 0 Å². The van der Waals surface area contributed by atoms with Crippen LogP contribution in [0.5, 0.6) is 0 Å². The number of hydrogen-bond donors (Lipinski definition) is 0. The minimum absolute atomic E-state index is 1.40. The van der Waals surface area contributed by atoms with E-state index in [1.807, 2.05) is 29.1 Å². The van der Waals surface area contributed by atoms with Crippen molar-refractivity contribution in [3.63, 3.8) is 0 Å². The van der Waals surface area contributed by atoms with Gasteiger partial charge < -0.3 is 0 Å². The van der Waals surface area contributed by atoms with Crippen LogP contribution in [-0.4, -0.2) is 0 Å². The average Bonchev–Trinajstić information content (AvgIpc) is 2.31. The Bertz CT molecular complexity index is 273. The Morgan fingerprint density at radius 1 is 1.42 bits per heavy atom. The first-order valence-corrected chi connectivity index (χ1v) is 6.78. The van der Waals surface area contributed by atoms with E-state index < -0.39 is 0 Å². The van der Waals surface area contributed by atoms with Gasteiger partial charge in [0.1, 0.15) is 0 Å². The molecular formula is C9H12S3. The predicted octanol–water partition coefficient (Wildman–Crippen LogP) is 4.64. The molecule has 0 nitrogen and oxygen atoms in total. The minimum Gasteiger partial charge on any atom is -0.133 e. The highest BCUT2D eigenvalue weighted by Crippen LogP contribution is 2.39. The second-order valence-electron chi connectivity index (χ2n) is 2.48. The largest absolute Gasteiger partial charge is 0.133 e. The van der Waals surface area contributed by atoms with E-state index in [0.29, 0.717) is 0 Å². The van der Waals surface area contributed by atoms with Gasteiger partial charge in [0.25, 0.3) is 0 Å². The van der Waals surface area contributed by atoms with E-state index in [-0.39, 0.29) is 0 Å². The van der Waals surface area contributed by atoms with Crippen LogP contribution in [0.15, 0.2) is 21.8 Å². The van der Waals surface area contributed by atoms with Crippen molar-refractivity contribution in [3.8, 4) is 0 Å². The van der Waals surface area contributed by atoms with Gasteiger partial charge in [-0.3, -0.25) is 0 Å². The van der Waals surface area contributed by atoms with Gasteiger partial charge in [-0.15, -0.1) is 11.3 Å². The third-order valence-corrected chi connectivity index (χ3v) is 5.15. The molecule has 0 saturated carbocycles. The predicted molar refractivity (Wildman–Crippen MR) is 62.1 cm³/mol. The fourth-order valence-corrected chi connectivity index (χ4v) is 4.37. The van der Waals surface area contributed by atoms with Crippen molar-refractivity contribution in [2.45, 2.75) is 25.0 Å². The lowest BCUT2D eigenvalue weighted by Crippen LogP contribution is -1.61. The quantitative estimate of drug-likeness (QED) is 0.675. The summed E-state index contributed by atoms with van der Waals surface area (Å²) in [6.07, 6.45) is 2.06. The summed E-state index contributed by atoms with van der Waals surface area (Å²) in [6.45, 7) is 6.37. The van der Waals surface area contributed by atoms with E-state index in [4.69, 9.17) is 0 Å². The molecule has 0 radical (unpaired) electrons. The molecule has 1 aromatic heterocycles. The zero-order chi connectivity index (χ0) is 8.97. The van der Waals surface area contributed by atoms with Gasteiger partial charge in [0, 0.05) is 4.88 Å². The summed E-state index contributed by atoms with van der Waals surface area (Å²) >= 11 is 1.87. The molecule has 0 amide bonds. The fraction of sp³-hybridized carbons (Fsp3) is 0.333. The van der Waals surface area contributed by atoms with Gasteiger partial charge in [-0.25, -0.2) is 0 Å². The summed E-state index contributed by atoms with van der Waals surface area (Å²) < 4.78 is 1.43. The van der Waals surface area contributed by atoms with E-state index in [1.54, 1.807) is 10.8 Å². The molecule has 1 aromatic rings. The topological polar surface area (TPSA) is 0 Å². The lowest BCUT2D eigenvalue weighted by atomic mass is 10.4. The second kappa shape index (κ2) is 5.00. The maximum atomic E-state index is 2.24. The minimum atomic E-state index is 1.40. The first-order chi connectivity index (χ1) is 5.74.